The Balaban J connectivity index is 1.79. The predicted octanol–water partition coefficient (Wildman–Crippen LogP) is 3.74. The molecule has 0 bridgehead atoms. The minimum absolute atomic E-state index is 0.174. The molecule has 2 aromatic carbocycles. The van der Waals surface area contributed by atoms with Crippen molar-refractivity contribution >= 4 is 40.7 Å². The number of aryl methyl sites for hydroxylation is 2. The summed E-state index contributed by atoms with van der Waals surface area (Å²) in [6.45, 7) is 3.41. The highest BCUT2D eigenvalue weighted by Crippen LogP contribution is 2.27. The van der Waals surface area contributed by atoms with Crippen LogP contribution in [0.3, 0.4) is 0 Å². The SMILES string of the molecule is Cc1cc(C)c(NC(=O)CNC(=O)COc2ccc(Cl)cc2)c(Cl)c1. The van der Waals surface area contributed by atoms with Gasteiger partial charge in [-0.2, -0.15) is 0 Å². The molecule has 0 unspecified atom stereocenters. The Morgan fingerprint density at radius 1 is 1.04 bits per heavy atom. The smallest absolute Gasteiger partial charge is 0.258 e. The van der Waals surface area contributed by atoms with E-state index >= 15 is 0 Å². The molecule has 2 rings (SSSR count). The molecule has 25 heavy (non-hydrogen) atoms. The van der Waals surface area contributed by atoms with E-state index in [0.717, 1.165) is 11.1 Å². The first-order valence-corrected chi connectivity index (χ1v) is 8.32. The zero-order valence-corrected chi connectivity index (χ0v) is 15.4. The Bertz CT molecular complexity index is 753. The topological polar surface area (TPSA) is 67.4 Å². The molecule has 0 fully saturated rings. The molecular formula is C18H18Cl2N2O3. The van der Waals surface area contributed by atoms with Crippen molar-refractivity contribution in [2.45, 2.75) is 13.8 Å². The van der Waals surface area contributed by atoms with Gasteiger partial charge in [-0.1, -0.05) is 29.3 Å². The summed E-state index contributed by atoms with van der Waals surface area (Å²) >= 11 is 11.9. The molecule has 0 aliphatic carbocycles. The number of hydrogen-bond donors (Lipinski definition) is 2. The third kappa shape index (κ3) is 5.96. The van der Waals surface area contributed by atoms with Crippen molar-refractivity contribution in [1.29, 1.82) is 0 Å². The van der Waals surface area contributed by atoms with Crippen molar-refractivity contribution in [1.82, 2.24) is 5.32 Å². The second-order valence-electron chi connectivity index (χ2n) is 5.51. The van der Waals surface area contributed by atoms with Gasteiger partial charge in [-0.3, -0.25) is 9.59 Å². The Hall–Kier alpha value is -2.24. The molecule has 0 heterocycles. The van der Waals surface area contributed by atoms with Crippen LogP contribution in [-0.2, 0) is 9.59 Å². The Morgan fingerprint density at radius 2 is 1.72 bits per heavy atom. The molecule has 7 heteroatoms. The van der Waals surface area contributed by atoms with Crippen molar-refractivity contribution in [2.24, 2.45) is 0 Å². The third-order valence-corrected chi connectivity index (χ3v) is 3.88. The minimum atomic E-state index is -0.406. The van der Waals surface area contributed by atoms with Crippen LogP contribution in [0.5, 0.6) is 5.75 Å². The number of hydrogen-bond acceptors (Lipinski definition) is 3. The van der Waals surface area contributed by atoms with Crippen LogP contribution in [0, 0.1) is 13.8 Å². The van der Waals surface area contributed by atoms with Crippen molar-refractivity contribution in [2.75, 3.05) is 18.5 Å². The zero-order valence-electron chi connectivity index (χ0n) is 13.9. The van der Waals surface area contributed by atoms with Crippen molar-refractivity contribution in [3.63, 3.8) is 0 Å². The summed E-state index contributed by atoms with van der Waals surface area (Å²) in [5.74, 6) is -0.253. The fraction of sp³-hybridized carbons (Fsp3) is 0.222. The fourth-order valence-electron chi connectivity index (χ4n) is 2.17. The zero-order chi connectivity index (χ0) is 18.4. The van der Waals surface area contributed by atoms with Gasteiger partial charge in [0.2, 0.25) is 5.91 Å². The van der Waals surface area contributed by atoms with Gasteiger partial charge < -0.3 is 15.4 Å². The second kappa shape index (κ2) is 8.74. The average molecular weight is 381 g/mol. The standard InChI is InChI=1S/C18H18Cl2N2O3/c1-11-7-12(2)18(15(20)8-11)22-16(23)9-21-17(24)10-25-14-5-3-13(19)4-6-14/h3-8H,9-10H2,1-2H3,(H,21,24)(H,22,23). The summed E-state index contributed by atoms with van der Waals surface area (Å²) in [6, 6.07) is 10.3. The summed E-state index contributed by atoms with van der Waals surface area (Å²) in [5.41, 5.74) is 2.41. The highest BCUT2D eigenvalue weighted by Gasteiger charge is 2.11. The van der Waals surface area contributed by atoms with E-state index in [9.17, 15) is 9.59 Å². The second-order valence-corrected chi connectivity index (χ2v) is 6.35. The summed E-state index contributed by atoms with van der Waals surface area (Å²) in [4.78, 5) is 23.7. The van der Waals surface area contributed by atoms with Crippen molar-refractivity contribution in [3.8, 4) is 5.75 Å². The van der Waals surface area contributed by atoms with E-state index in [2.05, 4.69) is 10.6 Å². The lowest BCUT2D eigenvalue weighted by Gasteiger charge is -2.12. The number of anilines is 1. The highest BCUT2D eigenvalue weighted by atomic mass is 35.5. The van der Waals surface area contributed by atoms with Gasteiger partial charge in [-0.15, -0.1) is 0 Å². The molecule has 0 aliphatic heterocycles. The van der Waals surface area contributed by atoms with Gasteiger partial charge in [0.25, 0.3) is 5.91 Å². The minimum Gasteiger partial charge on any atom is -0.484 e. The van der Waals surface area contributed by atoms with Gasteiger partial charge in [0, 0.05) is 5.02 Å². The number of halogens is 2. The maximum atomic E-state index is 12.0. The molecule has 0 aliphatic rings. The van der Waals surface area contributed by atoms with Crippen LogP contribution in [0.4, 0.5) is 5.69 Å². The number of nitrogens with one attached hydrogen (secondary N) is 2. The van der Waals surface area contributed by atoms with Crippen LogP contribution in [0.25, 0.3) is 0 Å². The Morgan fingerprint density at radius 3 is 2.36 bits per heavy atom. The van der Waals surface area contributed by atoms with Crippen LogP contribution >= 0.6 is 23.2 Å². The first-order chi connectivity index (χ1) is 11.8. The Labute approximate surface area is 156 Å². The van der Waals surface area contributed by atoms with Gasteiger partial charge >= 0.3 is 0 Å². The van der Waals surface area contributed by atoms with E-state index in [0.29, 0.717) is 21.5 Å². The molecule has 0 saturated heterocycles. The molecule has 5 nitrogen and oxygen atoms in total. The lowest BCUT2D eigenvalue weighted by Crippen LogP contribution is -2.35. The van der Waals surface area contributed by atoms with E-state index in [1.165, 1.54) is 0 Å². The average Bonchev–Trinajstić information content (AvgIpc) is 2.55. The third-order valence-electron chi connectivity index (χ3n) is 3.33. The van der Waals surface area contributed by atoms with Gasteiger partial charge in [-0.25, -0.2) is 0 Å². The number of ether oxygens (including phenoxy) is 1. The quantitative estimate of drug-likeness (QED) is 0.801. The first-order valence-electron chi connectivity index (χ1n) is 7.57. The van der Waals surface area contributed by atoms with Crippen LogP contribution in [0.2, 0.25) is 10.0 Å². The molecule has 0 aromatic heterocycles. The molecule has 2 N–H and O–H groups in total. The van der Waals surface area contributed by atoms with E-state index in [4.69, 9.17) is 27.9 Å². The van der Waals surface area contributed by atoms with Crippen LogP contribution in [-0.4, -0.2) is 25.0 Å². The summed E-state index contributed by atoms with van der Waals surface area (Å²) in [7, 11) is 0. The van der Waals surface area contributed by atoms with Crippen LogP contribution in [0.15, 0.2) is 36.4 Å². The van der Waals surface area contributed by atoms with Crippen molar-refractivity contribution in [3.05, 3.63) is 57.6 Å². The molecule has 0 radical (unpaired) electrons. The molecule has 0 spiro atoms. The summed E-state index contributed by atoms with van der Waals surface area (Å²) < 4.78 is 5.30. The molecule has 132 valence electrons. The molecule has 2 aromatic rings. The predicted molar refractivity (Wildman–Crippen MR) is 99.5 cm³/mol. The summed E-state index contributed by atoms with van der Waals surface area (Å²) in [6.07, 6.45) is 0. The maximum absolute atomic E-state index is 12.0. The van der Waals surface area contributed by atoms with Crippen molar-refractivity contribution < 1.29 is 14.3 Å². The number of rotatable bonds is 6. The Kier molecular flexibility index (Phi) is 6.67. The van der Waals surface area contributed by atoms with E-state index in [-0.39, 0.29) is 19.1 Å². The number of carbonyl (C=O) groups is 2. The highest BCUT2D eigenvalue weighted by molar-refractivity contribution is 6.34. The lowest BCUT2D eigenvalue weighted by molar-refractivity contribution is -0.125. The maximum Gasteiger partial charge on any atom is 0.258 e. The number of amides is 2. The molecular weight excluding hydrogens is 363 g/mol. The lowest BCUT2D eigenvalue weighted by atomic mass is 10.1. The van der Waals surface area contributed by atoms with Gasteiger partial charge in [0.1, 0.15) is 5.75 Å². The number of carbonyl (C=O) groups excluding carboxylic acids is 2. The van der Waals surface area contributed by atoms with E-state index in [1.54, 1.807) is 30.3 Å². The van der Waals surface area contributed by atoms with Crippen LogP contribution < -0.4 is 15.4 Å². The molecule has 0 atom stereocenters. The van der Waals surface area contributed by atoms with E-state index < -0.39 is 5.91 Å². The van der Waals surface area contributed by atoms with Gasteiger partial charge in [-0.05, 0) is 55.3 Å². The normalized spacial score (nSPS) is 10.2. The van der Waals surface area contributed by atoms with Crippen LogP contribution in [0.1, 0.15) is 11.1 Å². The molecule has 0 saturated carbocycles. The summed E-state index contributed by atoms with van der Waals surface area (Å²) in [5, 5.41) is 6.23. The molecule has 2 amide bonds. The van der Waals surface area contributed by atoms with Gasteiger partial charge in [0.15, 0.2) is 6.61 Å². The van der Waals surface area contributed by atoms with Gasteiger partial charge in [0.05, 0.1) is 17.3 Å². The first kappa shape index (κ1) is 19.1. The largest absolute Gasteiger partial charge is 0.484 e. The number of benzene rings is 2. The van der Waals surface area contributed by atoms with E-state index in [1.807, 2.05) is 19.9 Å². The monoisotopic (exact) mass is 380 g/mol. The fourth-order valence-corrected chi connectivity index (χ4v) is 2.66.